The Morgan fingerprint density at radius 2 is 1.58 bits per heavy atom. The molecule has 0 amide bonds. The zero-order valence-electron chi connectivity index (χ0n) is 13.2. The van der Waals surface area contributed by atoms with E-state index in [9.17, 15) is 0 Å². The number of aryl methyl sites for hydroxylation is 2. The quantitative estimate of drug-likeness (QED) is 0.803. The first kappa shape index (κ1) is 14.4. The molecule has 2 rings (SSSR count). The molecule has 19 heavy (non-hydrogen) atoms. The highest BCUT2D eigenvalue weighted by Gasteiger charge is 2.21. The molecule has 2 heteroatoms. The van der Waals surface area contributed by atoms with Crippen molar-refractivity contribution >= 4 is 5.69 Å². The van der Waals surface area contributed by atoms with Gasteiger partial charge in [-0.15, -0.1) is 0 Å². The molecule has 0 aromatic heterocycles. The molecule has 0 unspecified atom stereocenters. The third-order valence-electron chi connectivity index (χ3n) is 3.93. The molecule has 1 aliphatic rings. The van der Waals surface area contributed by atoms with E-state index in [1.165, 1.54) is 36.4 Å². The maximum Gasteiger partial charge on any atom is 0.0369 e. The Kier molecular flexibility index (Phi) is 4.19. The zero-order chi connectivity index (χ0) is 14.0. The standard InChI is InChI=1S/C17H28N2/c1-14-6-7-16(12-15(14)2)19-10-8-18(9-11-19)13-17(3,4)5/h6-7,12H,8-11,13H2,1-5H3. The molecular weight excluding hydrogens is 232 g/mol. The van der Waals surface area contributed by atoms with Gasteiger partial charge in [-0.3, -0.25) is 4.90 Å². The van der Waals surface area contributed by atoms with Gasteiger partial charge in [-0.2, -0.15) is 0 Å². The van der Waals surface area contributed by atoms with Crippen molar-refractivity contribution < 1.29 is 0 Å². The fourth-order valence-electron chi connectivity index (χ4n) is 2.76. The van der Waals surface area contributed by atoms with Crippen LogP contribution in [0.25, 0.3) is 0 Å². The number of benzene rings is 1. The third-order valence-corrected chi connectivity index (χ3v) is 3.93. The number of nitrogens with zero attached hydrogens (tertiary/aromatic N) is 2. The van der Waals surface area contributed by atoms with Gasteiger partial charge in [0, 0.05) is 38.4 Å². The van der Waals surface area contributed by atoms with Gasteiger partial charge in [0.15, 0.2) is 0 Å². The molecular formula is C17H28N2. The number of hydrogen-bond donors (Lipinski definition) is 0. The topological polar surface area (TPSA) is 6.48 Å². The van der Waals surface area contributed by atoms with Gasteiger partial charge in [0.2, 0.25) is 0 Å². The average Bonchev–Trinajstić information content (AvgIpc) is 2.32. The second-order valence-corrected chi connectivity index (χ2v) is 7.09. The van der Waals surface area contributed by atoms with Crippen LogP contribution in [0.2, 0.25) is 0 Å². The predicted octanol–water partition coefficient (Wildman–Crippen LogP) is 3.47. The summed E-state index contributed by atoms with van der Waals surface area (Å²) < 4.78 is 0. The van der Waals surface area contributed by atoms with Crippen LogP contribution in [0.15, 0.2) is 18.2 Å². The molecule has 1 aromatic carbocycles. The molecule has 0 radical (unpaired) electrons. The maximum atomic E-state index is 2.59. The van der Waals surface area contributed by atoms with Gasteiger partial charge in [0.25, 0.3) is 0 Å². The van der Waals surface area contributed by atoms with E-state index in [0.29, 0.717) is 5.41 Å². The van der Waals surface area contributed by atoms with E-state index in [4.69, 9.17) is 0 Å². The van der Waals surface area contributed by atoms with E-state index in [2.05, 4.69) is 62.6 Å². The fourth-order valence-corrected chi connectivity index (χ4v) is 2.76. The number of rotatable bonds is 2. The minimum atomic E-state index is 0.405. The van der Waals surface area contributed by atoms with Crippen molar-refractivity contribution in [3.05, 3.63) is 29.3 Å². The van der Waals surface area contributed by atoms with Gasteiger partial charge in [0.05, 0.1) is 0 Å². The molecule has 0 spiro atoms. The highest BCUT2D eigenvalue weighted by Crippen LogP contribution is 2.22. The fraction of sp³-hybridized carbons (Fsp3) is 0.647. The molecule has 0 bridgehead atoms. The largest absolute Gasteiger partial charge is 0.369 e. The second kappa shape index (κ2) is 5.54. The summed E-state index contributed by atoms with van der Waals surface area (Å²) in [5.41, 5.74) is 4.58. The summed E-state index contributed by atoms with van der Waals surface area (Å²) in [6, 6.07) is 6.84. The Labute approximate surface area is 118 Å². The SMILES string of the molecule is Cc1ccc(N2CCN(CC(C)(C)C)CC2)cc1C. The molecule has 0 atom stereocenters. The van der Waals surface area contributed by atoms with Crippen molar-refractivity contribution in [2.24, 2.45) is 5.41 Å². The summed E-state index contributed by atoms with van der Waals surface area (Å²) in [6.07, 6.45) is 0. The van der Waals surface area contributed by atoms with Crippen LogP contribution in [0.4, 0.5) is 5.69 Å². The summed E-state index contributed by atoms with van der Waals surface area (Å²) in [6.45, 7) is 17.2. The van der Waals surface area contributed by atoms with Crippen LogP contribution >= 0.6 is 0 Å². The first-order chi connectivity index (χ1) is 8.85. The van der Waals surface area contributed by atoms with Crippen LogP contribution in [0.3, 0.4) is 0 Å². The van der Waals surface area contributed by atoms with Gasteiger partial charge in [-0.05, 0) is 42.5 Å². The van der Waals surface area contributed by atoms with Crippen LogP contribution in [0.5, 0.6) is 0 Å². The lowest BCUT2D eigenvalue weighted by Crippen LogP contribution is -2.48. The normalized spacial score (nSPS) is 17.8. The molecule has 0 N–H and O–H groups in total. The first-order valence-electron chi connectivity index (χ1n) is 7.40. The molecule has 1 heterocycles. The van der Waals surface area contributed by atoms with Gasteiger partial charge >= 0.3 is 0 Å². The summed E-state index contributed by atoms with van der Waals surface area (Å²) >= 11 is 0. The van der Waals surface area contributed by atoms with E-state index < -0.39 is 0 Å². The van der Waals surface area contributed by atoms with Crippen LogP contribution in [-0.2, 0) is 0 Å². The van der Waals surface area contributed by atoms with Crippen molar-refractivity contribution in [3.63, 3.8) is 0 Å². The average molecular weight is 260 g/mol. The van der Waals surface area contributed by atoms with Gasteiger partial charge in [-0.1, -0.05) is 26.8 Å². The van der Waals surface area contributed by atoms with Crippen LogP contribution in [0.1, 0.15) is 31.9 Å². The zero-order valence-corrected chi connectivity index (χ0v) is 13.2. The minimum absolute atomic E-state index is 0.405. The van der Waals surface area contributed by atoms with Crippen molar-refractivity contribution in [2.45, 2.75) is 34.6 Å². The Morgan fingerprint density at radius 1 is 0.947 bits per heavy atom. The Bertz CT molecular complexity index is 423. The van der Waals surface area contributed by atoms with E-state index in [1.807, 2.05) is 0 Å². The van der Waals surface area contributed by atoms with Crippen molar-refractivity contribution in [2.75, 3.05) is 37.6 Å². The first-order valence-corrected chi connectivity index (χ1v) is 7.40. The Hall–Kier alpha value is -1.02. The number of hydrogen-bond acceptors (Lipinski definition) is 2. The van der Waals surface area contributed by atoms with Gasteiger partial charge in [0.1, 0.15) is 0 Å². The van der Waals surface area contributed by atoms with Crippen molar-refractivity contribution in [1.82, 2.24) is 4.90 Å². The Balaban J connectivity index is 1.94. The van der Waals surface area contributed by atoms with Crippen LogP contribution in [0, 0.1) is 19.3 Å². The molecule has 0 saturated carbocycles. The Morgan fingerprint density at radius 3 is 2.11 bits per heavy atom. The summed E-state index contributed by atoms with van der Waals surface area (Å²) in [7, 11) is 0. The second-order valence-electron chi connectivity index (χ2n) is 7.09. The van der Waals surface area contributed by atoms with Crippen molar-refractivity contribution in [1.29, 1.82) is 0 Å². The summed E-state index contributed by atoms with van der Waals surface area (Å²) in [5, 5.41) is 0. The lowest BCUT2D eigenvalue weighted by Gasteiger charge is -2.39. The lowest BCUT2D eigenvalue weighted by molar-refractivity contribution is 0.182. The van der Waals surface area contributed by atoms with E-state index in [0.717, 1.165) is 13.1 Å². The molecule has 2 nitrogen and oxygen atoms in total. The third kappa shape index (κ3) is 3.97. The highest BCUT2D eigenvalue weighted by molar-refractivity contribution is 5.51. The molecule has 0 aliphatic carbocycles. The van der Waals surface area contributed by atoms with Crippen molar-refractivity contribution in [3.8, 4) is 0 Å². The molecule has 1 fully saturated rings. The van der Waals surface area contributed by atoms with E-state index >= 15 is 0 Å². The lowest BCUT2D eigenvalue weighted by atomic mass is 9.96. The van der Waals surface area contributed by atoms with Crippen LogP contribution < -0.4 is 4.90 Å². The molecule has 1 aliphatic heterocycles. The number of anilines is 1. The van der Waals surface area contributed by atoms with Crippen LogP contribution in [-0.4, -0.2) is 37.6 Å². The predicted molar refractivity (Wildman–Crippen MR) is 84.0 cm³/mol. The minimum Gasteiger partial charge on any atom is -0.369 e. The van der Waals surface area contributed by atoms with E-state index in [-0.39, 0.29) is 0 Å². The molecule has 1 saturated heterocycles. The smallest absolute Gasteiger partial charge is 0.0369 e. The summed E-state index contributed by atoms with van der Waals surface area (Å²) in [4.78, 5) is 5.11. The monoisotopic (exact) mass is 260 g/mol. The van der Waals surface area contributed by atoms with Gasteiger partial charge < -0.3 is 4.90 Å². The van der Waals surface area contributed by atoms with E-state index in [1.54, 1.807) is 0 Å². The maximum absolute atomic E-state index is 2.59. The molecule has 1 aromatic rings. The molecule has 106 valence electrons. The summed E-state index contributed by atoms with van der Waals surface area (Å²) in [5.74, 6) is 0. The number of piperazine rings is 1. The van der Waals surface area contributed by atoms with Gasteiger partial charge in [-0.25, -0.2) is 0 Å². The highest BCUT2D eigenvalue weighted by atomic mass is 15.3.